The molecule has 0 saturated carbocycles. The van der Waals surface area contributed by atoms with Gasteiger partial charge in [-0.1, -0.05) is 18.2 Å². The third-order valence-electron chi connectivity index (χ3n) is 1.85. The molecule has 5 nitrogen and oxygen atoms in total. The minimum Gasteiger partial charge on any atom is -0.492 e. The molecule has 0 radical (unpaired) electrons. The van der Waals surface area contributed by atoms with E-state index in [0.29, 0.717) is 19.1 Å². The van der Waals surface area contributed by atoms with Crippen LogP contribution in [0.25, 0.3) is 0 Å². The normalized spacial score (nSPS) is 11.0. The highest BCUT2D eigenvalue weighted by Crippen LogP contribution is 2.07. The molecule has 1 rings (SSSR count). The zero-order valence-corrected chi connectivity index (χ0v) is 9.44. The standard InChI is InChI=1S/C11H18N4O/c1-2-13-11(15-12)14-8-9-16-10-6-4-3-5-7-10/h3-7H,2,8-9,12H2,1H3,(H2,13,14,15). The summed E-state index contributed by atoms with van der Waals surface area (Å²) in [6.45, 7) is 3.85. The van der Waals surface area contributed by atoms with Crippen molar-refractivity contribution >= 4 is 5.96 Å². The van der Waals surface area contributed by atoms with Gasteiger partial charge in [-0.15, -0.1) is 0 Å². The van der Waals surface area contributed by atoms with Crippen molar-refractivity contribution < 1.29 is 4.74 Å². The zero-order chi connectivity index (χ0) is 11.6. The number of nitrogens with zero attached hydrogens (tertiary/aromatic N) is 1. The molecule has 0 saturated heterocycles. The van der Waals surface area contributed by atoms with Crippen LogP contribution in [0.3, 0.4) is 0 Å². The van der Waals surface area contributed by atoms with E-state index in [1.54, 1.807) is 0 Å². The molecule has 0 aliphatic heterocycles. The molecule has 1 aromatic rings. The van der Waals surface area contributed by atoms with Crippen molar-refractivity contribution in [3.63, 3.8) is 0 Å². The van der Waals surface area contributed by atoms with Crippen LogP contribution in [0.2, 0.25) is 0 Å². The minimum atomic E-state index is 0.528. The van der Waals surface area contributed by atoms with E-state index in [1.165, 1.54) is 0 Å². The Hall–Kier alpha value is -1.75. The molecule has 0 aliphatic rings. The maximum atomic E-state index is 5.48. The summed E-state index contributed by atoms with van der Waals surface area (Å²) in [6, 6.07) is 9.65. The lowest BCUT2D eigenvalue weighted by molar-refractivity contribution is 0.328. The number of rotatable bonds is 5. The summed E-state index contributed by atoms with van der Waals surface area (Å²) in [7, 11) is 0. The van der Waals surface area contributed by atoms with E-state index >= 15 is 0 Å². The van der Waals surface area contributed by atoms with Gasteiger partial charge < -0.3 is 10.1 Å². The second-order valence-electron chi connectivity index (χ2n) is 3.07. The Morgan fingerprint density at radius 3 is 2.75 bits per heavy atom. The lowest BCUT2D eigenvalue weighted by atomic mass is 10.3. The van der Waals surface area contributed by atoms with Crippen LogP contribution in [0.1, 0.15) is 6.92 Å². The molecule has 0 aliphatic carbocycles. The fourth-order valence-electron chi connectivity index (χ4n) is 1.16. The molecule has 0 bridgehead atoms. The first-order valence-electron chi connectivity index (χ1n) is 5.29. The van der Waals surface area contributed by atoms with E-state index < -0.39 is 0 Å². The highest BCUT2D eigenvalue weighted by Gasteiger charge is 1.93. The first-order chi connectivity index (χ1) is 7.86. The average molecular weight is 222 g/mol. The summed E-state index contributed by atoms with van der Waals surface area (Å²) in [4.78, 5) is 4.19. The Morgan fingerprint density at radius 2 is 2.12 bits per heavy atom. The Bertz CT molecular complexity index is 313. The number of ether oxygens (including phenoxy) is 1. The van der Waals surface area contributed by atoms with E-state index in [4.69, 9.17) is 10.6 Å². The minimum absolute atomic E-state index is 0.528. The fraction of sp³-hybridized carbons (Fsp3) is 0.364. The van der Waals surface area contributed by atoms with Crippen molar-refractivity contribution in [3.05, 3.63) is 30.3 Å². The van der Waals surface area contributed by atoms with Gasteiger partial charge in [0.05, 0.1) is 6.54 Å². The quantitative estimate of drug-likeness (QED) is 0.223. The predicted molar refractivity (Wildman–Crippen MR) is 65.2 cm³/mol. The number of hydrazine groups is 1. The Kier molecular flexibility index (Phi) is 5.80. The Balaban J connectivity index is 2.25. The van der Waals surface area contributed by atoms with Crippen molar-refractivity contribution in [2.75, 3.05) is 19.7 Å². The van der Waals surface area contributed by atoms with E-state index in [0.717, 1.165) is 12.3 Å². The Morgan fingerprint density at radius 1 is 1.38 bits per heavy atom. The molecular weight excluding hydrogens is 204 g/mol. The van der Waals surface area contributed by atoms with Gasteiger partial charge in [-0.2, -0.15) is 0 Å². The van der Waals surface area contributed by atoms with Gasteiger partial charge in [0, 0.05) is 6.54 Å². The number of nitrogens with two attached hydrogens (primary N) is 1. The van der Waals surface area contributed by atoms with Crippen LogP contribution in [0, 0.1) is 0 Å². The molecule has 16 heavy (non-hydrogen) atoms. The van der Waals surface area contributed by atoms with Gasteiger partial charge in [-0.3, -0.25) is 5.43 Å². The number of para-hydroxylation sites is 1. The second kappa shape index (κ2) is 7.53. The highest BCUT2D eigenvalue weighted by atomic mass is 16.5. The van der Waals surface area contributed by atoms with E-state index in [-0.39, 0.29) is 0 Å². The van der Waals surface area contributed by atoms with Gasteiger partial charge in [0.1, 0.15) is 12.4 Å². The number of hydrogen-bond acceptors (Lipinski definition) is 3. The van der Waals surface area contributed by atoms with Crippen molar-refractivity contribution in [1.82, 2.24) is 10.7 Å². The fourth-order valence-corrected chi connectivity index (χ4v) is 1.16. The Labute approximate surface area is 95.7 Å². The van der Waals surface area contributed by atoms with Crippen LogP contribution in [0.4, 0.5) is 0 Å². The third-order valence-corrected chi connectivity index (χ3v) is 1.85. The van der Waals surface area contributed by atoms with Crippen molar-refractivity contribution in [2.24, 2.45) is 10.8 Å². The number of benzene rings is 1. The maximum absolute atomic E-state index is 5.48. The molecule has 4 N–H and O–H groups in total. The summed E-state index contributed by atoms with van der Waals surface area (Å²) < 4.78 is 5.48. The van der Waals surface area contributed by atoms with Crippen molar-refractivity contribution in [3.8, 4) is 5.75 Å². The number of aliphatic imine (C=N–C) groups is 1. The molecule has 0 heterocycles. The molecule has 88 valence electrons. The van der Waals surface area contributed by atoms with E-state index in [9.17, 15) is 0 Å². The summed E-state index contributed by atoms with van der Waals surface area (Å²) in [6.07, 6.45) is 0. The predicted octanol–water partition coefficient (Wildman–Crippen LogP) is 0.494. The maximum Gasteiger partial charge on any atom is 0.205 e. The van der Waals surface area contributed by atoms with Crippen LogP contribution in [0.5, 0.6) is 5.75 Å². The average Bonchev–Trinajstić information content (AvgIpc) is 2.34. The summed E-state index contributed by atoms with van der Waals surface area (Å²) >= 11 is 0. The van der Waals surface area contributed by atoms with Gasteiger partial charge >= 0.3 is 0 Å². The number of guanidine groups is 1. The monoisotopic (exact) mass is 222 g/mol. The lowest BCUT2D eigenvalue weighted by Crippen LogP contribution is -2.41. The van der Waals surface area contributed by atoms with Crippen LogP contribution < -0.4 is 21.3 Å². The molecule has 5 heteroatoms. The molecule has 0 aromatic heterocycles. The largest absolute Gasteiger partial charge is 0.492 e. The van der Waals surface area contributed by atoms with Crippen LogP contribution >= 0.6 is 0 Å². The SMILES string of the molecule is CCNC(=NCCOc1ccccc1)NN. The van der Waals surface area contributed by atoms with Crippen molar-refractivity contribution in [1.29, 1.82) is 0 Å². The lowest BCUT2D eigenvalue weighted by Gasteiger charge is -2.07. The molecule has 0 spiro atoms. The highest BCUT2D eigenvalue weighted by molar-refractivity contribution is 5.79. The molecule has 0 fully saturated rings. The van der Waals surface area contributed by atoms with Gasteiger partial charge in [-0.25, -0.2) is 10.8 Å². The van der Waals surface area contributed by atoms with E-state index in [1.807, 2.05) is 37.3 Å². The van der Waals surface area contributed by atoms with Gasteiger partial charge in [0.2, 0.25) is 5.96 Å². The van der Waals surface area contributed by atoms with Crippen LogP contribution in [-0.4, -0.2) is 25.7 Å². The van der Waals surface area contributed by atoms with Crippen LogP contribution in [-0.2, 0) is 0 Å². The van der Waals surface area contributed by atoms with Gasteiger partial charge in [-0.05, 0) is 19.1 Å². The third kappa shape index (κ3) is 4.65. The number of nitrogens with one attached hydrogen (secondary N) is 2. The second-order valence-corrected chi connectivity index (χ2v) is 3.07. The zero-order valence-electron chi connectivity index (χ0n) is 9.44. The van der Waals surface area contributed by atoms with E-state index in [2.05, 4.69) is 15.7 Å². The first-order valence-corrected chi connectivity index (χ1v) is 5.29. The van der Waals surface area contributed by atoms with Crippen molar-refractivity contribution in [2.45, 2.75) is 6.92 Å². The molecule has 0 unspecified atom stereocenters. The van der Waals surface area contributed by atoms with Gasteiger partial charge in [0.15, 0.2) is 0 Å². The summed E-state index contributed by atoms with van der Waals surface area (Å²) in [5.74, 6) is 6.70. The van der Waals surface area contributed by atoms with Gasteiger partial charge in [0.25, 0.3) is 0 Å². The molecule has 1 aromatic carbocycles. The number of hydrogen-bond donors (Lipinski definition) is 3. The molecule has 0 amide bonds. The summed E-state index contributed by atoms with van der Waals surface area (Å²) in [5, 5.41) is 2.99. The topological polar surface area (TPSA) is 71.7 Å². The molecular formula is C11H18N4O. The van der Waals surface area contributed by atoms with Crippen LogP contribution in [0.15, 0.2) is 35.3 Å². The smallest absolute Gasteiger partial charge is 0.205 e. The first kappa shape index (κ1) is 12.3. The summed E-state index contributed by atoms with van der Waals surface area (Å²) in [5.41, 5.74) is 2.48. The molecule has 0 atom stereocenters.